The fourth-order valence-corrected chi connectivity index (χ4v) is 2.88. The van der Waals surface area contributed by atoms with Crippen LogP contribution in [0.1, 0.15) is 25.3 Å². The first-order valence-electron chi connectivity index (χ1n) is 8.40. The third-order valence-electron chi connectivity index (χ3n) is 4.04. The number of pyridine rings is 1. The predicted octanol–water partition coefficient (Wildman–Crippen LogP) is 3.31. The van der Waals surface area contributed by atoms with Crippen molar-refractivity contribution in [2.45, 2.75) is 26.3 Å². The highest BCUT2D eigenvalue weighted by Gasteiger charge is 2.15. The molecule has 1 aliphatic heterocycles. The molecule has 2 aromatic rings. The average Bonchev–Trinajstić information content (AvgIpc) is 3.14. The zero-order valence-corrected chi connectivity index (χ0v) is 13.7. The molecule has 2 heterocycles. The summed E-state index contributed by atoms with van der Waals surface area (Å²) >= 11 is 0. The molecule has 4 nitrogen and oxygen atoms in total. The fourth-order valence-electron chi connectivity index (χ4n) is 2.88. The topological polar surface area (TPSA) is 40.5 Å². The Bertz CT molecular complexity index is 645. The highest BCUT2D eigenvalue weighted by molar-refractivity contribution is 5.80. The molecule has 1 aromatic heterocycles. The molecule has 0 spiro atoms. The number of hydrogen-bond acceptors (Lipinski definition) is 2. The molecule has 0 atom stereocenters. The molecule has 1 saturated heterocycles. The minimum absolute atomic E-state index is 0.694. The highest BCUT2D eigenvalue weighted by Crippen LogP contribution is 2.18. The lowest BCUT2D eigenvalue weighted by molar-refractivity contribution is 0.493. The summed E-state index contributed by atoms with van der Waals surface area (Å²) in [6.07, 6.45) is 4.36. The third kappa shape index (κ3) is 4.09. The second kappa shape index (κ2) is 7.77. The van der Waals surface area contributed by atoms with Gasteiger partial charge in [0.15, 0.2) is 5.96 Å². The summed E-state index contributed by atoms with van der Waals surface area (Å²) in [5.74, 6) is 1.04. The molecule has 1 fully saturated rings. The molecule has 4 heteroatoms. The van der Waals surface area contributed by atoms with Gasteiger partial charge in [-0.2, -0.15) is 0 Å². The van der Waals surface area contributed by atoms with Crippen LogP contribution in [0.2, 0.25) is 0 Å². The average molecular weight is 308 g/mol. The molecule has 120 valence electrons. The van der Waals surface area contributed by atoms with Crippen molar-refractivity contribution >= 4 is 5.96 Å². The van der Waals surface area contributed by atoms with Gasteiger partial charge in [-0.1, -0.05) is 24.3 Å². The number of aromatic nitrogens is 1. The second-order valence-electron chi connectivity index (χ2n) is 5.78. The van der Waals surface area contributed by atoms with Crippen LogP contribution in [0.4, 0.5) is 0 Å². The summed E-state index contributed by atoms with van der Waals surface area (Å²) in [5.41, 5.74) is 3.36. The molecule has 3 rings (SSSR count). The predicted molar refractivity (Wildman–Crippen MR) is 95.3 cm³/mol. The van der Waals surface area contributed by atoms with E-state index in [0.717, 1.165) is 36.9 Å². The lowest BCUT2D eigenvalue weighted by Crippen LogP contribution is -2.39. The van der Waals surface area contributed by atoms with Crippen LogP contribution in [-0.4, -0.2) is 35.5 Å². The number of aliphatic imine (C=N–C) groups is 1. The molecule has 0 unspecified atom stereocenters. The number of likely N-dealkylation sites (tertiary alicyclic amines) is 1. The molecular formula is C19H24N4. The van der Waals surface area contributed by atoms with Gasteiger partial charge in [0.05, 0.1) is 12.2 Å². The maximum Gasteiger partial charge on any atom is 0.194 e. The lowest BCUT2D eigenvalue weighted by atomic mass is 10.1. The van der Waals surface area contributed by atoms with Crippen molar-refractivity contribution in [1.82, 2.24) is 15.2 Å². The van der Waals surface area contributed by atoms with Gasteiger partial charge in [0.1, 0.15) is 0 Å². The standard InChI is InChI=1S/C19H24N4/c1-2-20-19(23-12-5-6-13-23)22-15-16-8-7-9-17(14-16)18-10-3-4-11-21-18/h3-4,7-11,14H,2,5-6,12-13,15H2,1H3,(H,20,22). The third-order valence-corrected chi connectivity index (χ3v) is 4.04. The minimum atomic E-state index is 0.694. The van der Waals surface area contributed by atoms with Gasteiger partial charge in [0, 0.05) is 31.4 Å². The van der Waals surface area contributed by atoms with Crippen LogP contribution in [0, 0.1) is 0 Å². The second-order valence-corrected chi connectivity index (χ2v) is 5.78. The number of nitrogens with one attached hydrogen (secondary N) is 1. The van der Waals surface area contributed by atoms with Crippen LogP contribution in [0.15, 0.2) is 53.7 Å². The number of nitrogens with zero attached hydrogens (tertiary/aromatic N) is 3. The van der Waals surface area contributed by atoms with E-state index in [-0.39, 0.29) is 0 Å². The van der Waals surface area contributed by atoms with Crippen molar-refractivity contribution in [2.24, 2.45) is 4.99 Å². The van der Waals surface area contributed by atoms with E-state index in [4.69, 9.17) is 4.99 Å². The Hall–Kier alpha value is -2.36. The molecule has 23 heavy (non-hydrogen) atoms. The smallest absolute Gasteiger partial charge is 0.194 e. The van der Waals surface area contributed by atoms with Gasteiger partial charge in [-0.3, -0.25) is 4.98 Å². The molecule has 0 amide bonds. The van der Waals surface area contributed by atoms with E-state index in [1.165, 1.54) is 18.4 Å². The van der Waals surface area contributed by atoms with Crippen LogP contribution in [0.5, 0.6) is 0 Å². The summed E-state index contributed by atoms with van der Waals surface area (Å²) in [5, 5.41) is 3.40. The van der Waals surface area contributed by atoms with E-state index in [2.05, 4.69) is 46.4 Å². The summed E-state index contributed by atoms with van der Waals surface area (Å²) in [7, 11) is 0. The van der Waals surface area contributed by atoms with Gasteiger partial charge >= 0.3 is 0 Å². The first-order valence-corrected chi connectivity index (χ1v) is 8.40. The van der Waals surface area contributed by atoms with Gasteiger partial charge in [0.2, 0.25) is 0 Å². The fraction of sp³-hybridized carbons (Fsp3) is 0.368. The summed E-state index contributed by atoms with van der Waals surface area (Å²) in [4.78, 5) is 11.6. The molecule has 0 saturated carbocycles. The zero-order valence-electron chi connectivity index (χ0n) is 13.7. The van der Waals surface area contributed by atoms with E-state index in [1.807, 2.05) is 24.4 Å². The van der Waals surface area contributed by atoms with E-state index in [0.29, 0.717) is 6.54 Å². The molecule has 1 aromatic carbocycles. The normalized spacial score (nSPS) is 15.0. The first-order chi connectivity index (χ1) is 11.4. The van der Waals surface area contributed by atoms with E-state index < -0.39 is 0 Å². The molecule has 0 bridgehead atoms. The number of guanidine groups is 1. The van der Waals surface area contributed by atoms with Crippen molar-refractivity contribution in [2.75, 3.05) is 19.6 Å². The Balaban J connectivity index is 1.75. The molecule has 1 N–H and O–H groups in total. The largest absolute Gasteiger partial charge is 0.357 e. The van der Waals surface area contributed by atoms with Gasteiger partial charge in [-0.05, 0) is 43.5 Å². The van der Waals surface area contributed by atoms with Crippen molar-refractivity contribution < 1.29 is 0 Å². The quantitative estimate of drug-likeness (QED) is 0.696. The molecule has 0 aliphatic carbocycles. The SMILES string of the molecule is CCNC(=NCc1cccc(-c2ccccn2)c1)N1CCCC1. The van der Waals surface area contributed by atoms with E-state index in [1.54, 1.807) is 0 Å². The van der Waals surface area contributed by atoms with Crippen LogP contribution in [0.25, 0.3) is 11.3 Å². The van der Waals surface area contributed by atoms with Crippen LogP contribution in [0.3, 0.4) is 0 Å². The van der Waals surface area contributed by atoms with E-state index >= 15 is 0 Å². The number of benzene rings is 1. The Morgan fingerprint density at radius 1 is 1.17 bits per heavy atom. The van der Waals surface area contributed by atoms with Crippen molar-refractivity contribution in [1.29, 1.82) is 0 Å². The Morgan fingerprint density at radius 3 is 2.78 bits per heavy atom. The summed E-state index contributed by atoms with van der Waals surface area (Å²) in [6, 6.07) is 14.5. The molecule has 0 radical (unpaired) electrons. The number of hydrogen-bond donors (Lipinski definition) is 1. The Morgan fingerprint density at radius 2 is 2.04 bits per heavy atom. The Kier molecular flexibility index (Phi) is 5.25. The van der Waals surface area contributed by atoms with Crippen molar-refractivity contribution in [3.05, 3.63) is 54.2 Å². The summed E-state index contributed by atoms with van der Waals surface area (Å²) < 4.78 is 0. The van der Waals surface area contributed by atoms with Crippen LogP contribution in [-0.2, 0) is 6.54 Å². The van der Waals surface area contributed by atoms with Crippen LogP contribution < -0.4 is 5.32 Å². The molecule has 1 aliphatic rings. The van der Waals surface area contributed by atoms with Gasteiger partial charge in [-0.15, -0.1) is 0 Å². The maximum atomic E-state index is 4.81. The van der Waals surface area contributed by atoms with Crippen molar-refractivity contribution in [3.63, 3.8) is 0 Å². The highest BCUT2D eigenvalue weighted by atomic mass is 15.3. The zero-order chi connectivity index (χ0) is 15.9. The first kappa shape index (κ1) is 15.5. The van der Waals surface area contributed by atoms with Gasteiger partial charge < -0.3 is 10.2 Å². The minimum Gasteiger partial charge on any atom is -0.357 e. The monoisotopic (exact) mass is 308 g/mol. The van der Waals surface area contributed by atoms with Gasteiger partial charge in [0.25, 0.3) is 0 Å². The lowest BCUT2D eigenvalue weighted by Gasteiger charge is -2.20. The molecular weight excluding hydrogens is 284 g/mol. The van der Waals surface area contributed by atoms with Gasteiger partial charge in [-0.25, -0.2) is 4.99 Å². The summed E-state index contributed by atoms with van der Waals surface area (Å²) in [6.45, 7) is 5.94. The maximum absolute atomic E-state index is 4.81. The van der Waals surface area contributed by atoms with Crippen molar-refractivity contribution in [3.8, 4) is 11.3 Å². The Labute approximate surface area is 138 Å². The van der Waals surface area contributed by atoms with Crippen LogP contribution >= 0.6 is 0 Å². The van der Waals surface area contributed by atoms with E-state index in [9.17, 15) is 0 Å². The number of rotatable bonds is 4.